The van der Waals surface area contributed by atoms with Crippen LogP contribution in [-0.2, 0) is 30.2 Å². The molecule has 2 rings (SSSR count). The summed E-state index contributed by atoms with van der Waals surface area (Å²) in [6.07, 6.45) is 5.48. The average Bonchev–Trinajstić information content (AvgIpc) is 2.66. The lowest BCUT2D eigenvalue weighted by molar-refractivity contribution is -0.191. The standard InChI is InChI=1S/C20H26O5/c1-4-8-17-20(18(21)23-2,19(22)24-3)14-13-16(25-17)12-11-15-9-6-5-7-10-15/h4-10,16-17H,11-14H2,1-3H3/b8-4+/t16-,17+/m1/s1. The molecule has 136 valence electrons. The van der Waals surface area contributed by atoms with E-state index >= 15 is 0 Å². The number of rotatable bonds is 6. The number of benzene rings is 1. The fourth-order valence-electron chi connectivity index (χ4n) is 3.38. The molecule has 0 saturated carbocycles. The van der Waals surface area contributed by atoms with Crippen LogP contribution >= 0.6 is 0 Å². The molecule has 1 aromatic carbocycles. The van der Waals surface area contributed by atoms with Gasteiger partial charge < -0.3 is 14.2 Å². The van der Waals surface area contributed by atoms with Crippen molar-refractivity contribution in [2.75, 3.05) is 14.2 Å². The second-order valence-electron chi connectivity index (χ2n) is 6.22. The van der Waals surface area contributed by atoms with Crippen molar-refractivity contribution in [3.63, 3.8) is 0 Å². The van der Waals surface area contributed by atoms with Crippen LogP contribution in [0.25, 0.3) is 0 Å². The van der Waals surface area contributed by atoms with Crippen LogP contribution in [0.2, 0.25) is 0 Å². The van der Waals surface area contributed by atoms with Gasteiger partial charge in [0.1, 0.15) is 6.10 Å². The zero-order chi connectivity index (χ0) is 18.3. The lowest BCUT2D eigenvalue weighted by atomic mass is 9.74. The summed E-state index contributed by atoms with van der Waals surface area (Å²) in [5.41, 5.74) is -0.189. The first-order chi connectivity index (χ1) is 12.1. The highest BCUT2D eigenvalue weighted by molar-refractivity contribution is 6.01. The summed E-state index contributed by atoms with van der Waals surface area (Å²) in [6.45, 7) is 1.83. The van der Waals surface area contributed by atoms with Crippen LogP contribution in [0.1, 0.15) is 31.7 Å². The summed E-state index contributed by atoms with van der Waals surface area (Å²) < 4.78 is 15.9. The molecule has 0 amide bonds. The minimum absolute atomic E-state index is 0.0242. The van der Waals surface area contributed by atoms with Crippen LogP contribution in [0.15, 0.2) is 42.5 Å². The second kappa shape index (κ2) is 8.81. The van der Waals surface area contributed by atoms with Gasteiger partial charge in [0.25, 0.3) is 0 Å². The number of ether oxygens (including phenoxy) is 3. The molecule has 0 aliphatic carbocycles. The van der Waals surface area contributed by atoms with E-state index in [1.807, 2.05) is 25.1 Å². The maximum absolute atomic E-state index is 12.4. The number of aryl methyl sites for hydroxylation is 1. The maximum atomic E-state index is 12.4. The summed E-state index contributed by atoms with van der Waals surface area (Å²) in [7, 11) is 2.56. The first kappa shape index (κ1) is 19.2. The van der Waals surface area contributed by atoms with Gasteiger partial charge in [0.05, 0.1) is 20.3 Å². The van der Waals surface area contributed by atoms with Crippen molar-refractivity contribution >= 4 is 11.9 Å². The normalized spacial score (nSPS) is 22.5. The van der Waals surface area contributed by atoms with Crippen molar-refractivity contribution in [2.45, 2.75) is 44.8 Å². The Hall–Kier alpha value is -2.14. The van der Waals surface area contributed by atoms with Crippen molar-refractivity contribution in [1.29, 1.82) is 0 Å². The Morgan fingerprint density at radius 3 is 2.40 bits per heavy atom. The molecule has 1 aliphatic heterocycles. The maximum Gasteiger partial charge on any atom is 0.326 e. The summed E-state index contributed by atoms with van der Waals surface area (Å²) in [6, 6.07) is 10.2. The van der Waals surface area contributed by atoms with Crippen molar-refractivity contribution in [1.82, 2.24) is 0 Å². The molecule has 0 unspecified atom stereocenters. The lowest BCUT2D eigenvalue weighted by Crippen LogP contribution is -2.54. The van der Waals surface area contributed by atoms with Crippen molar-refractivity contribution in [3.05, 3.63) is 48.0 Å². The van der Waals surface area contributed by atoms with Gasteiger partial charge in [0.15, 0.2) is 5.41 Å². The van der Waals surface area contributed by atoms with Crippen LogP contribution in [0.5, 0.6) is 0 Å². The van der Waals surface area contributed by atoms with Gasteiger partial charge in [0, 0.05) is 0 Å². The van der Waals surface area contributed by atoms with Crippen LogP contribution in [0.4, 0.5) is 0 Å². The molecule has 1 fully saturated rings. The molecular formula is C20H26O5. The Bertz CT molecular complexity index is 592. The van der Waals surface area contributed by atoms with Crippen molar-refractivity contribution in [2.24, 2.45) is 5.41 Å². The first-order valence-electron chi connectivity index (χ1n) is 8.57. The molecule has 0 radical (unpaired) electrons. The second-order valence-corrected chi connectivity index (χ2v) is 6.22. The van der Waals surface area contributed by atoms with Gasteiger partial charge in [-0.3, -0.25) is 9.59 Å². The van der Waals surface area contributed by atoms with Crippen LogP contribution in [-0.4, -0.2) is 38.4 Å². The SMILES string of the molecule is C/C=C/[C@@H]1O[C@H](CCc2ccccc2)CCC1(C(=O)OC)C(=O)OC. The van der Waals surface area contributed by atoms with E-state index in [1.54, 1.807) is 12.2 Å². The Morgan fingerprint density at radius 2 is 1.84 bits per heavy atom. The lowest BCUT2D eigenvalue weighted by Gasteiger charge is -2.41. The number of carbonyl (C=O) groups excluding carboxylic acids is 2. The fourth-order valence-corrected chi connectivity index (χ4v) is 3.38. The van der Waals surface area contributed by atoms with Crippen molar-refractivity contribution < 1.29 is 23.8 Å². The molecule has 2 atom stereocenters. The van der Waals surface area contributed by atoms with Gasteiger partial charge in [-0.1, -0.05) is 42.5 Å². The molecule has 0 aromatic heterocycles. The van der Waals surface area contributed by atoms with E-state index in [9.17, 15) is 9.59 Å². The van der Waals surface area contributed by atoms with Crippen molar-refractivity contribution in [3.8, 4) is 0 Å². The van der Waals surface area contributed by atoms with Gasteiger partial charge in [-0.15, -0.1) is 0 Å². The Labute approximate surface area is 149 Å². The van der Waals surface area contributed by atoms with E-state index in [-0.39, 0.29) is 6.10 Å². The third-order valence-corrected chi connectivity index (χ3v) is 4.75. The predicted octanol–water partition coefficient (Wildman–Crippen LogP) is 3.08. The molecule has 5 heteroatoms. The molecule has 5 nitrogen and oxygen atoms in total. The summed E-state index contributed by atoms with van der Waals surface area (Å²) >= 11 is 0. The molecule has 0 bridgehead atoms. The van der Waals surface area contributed by atoms with Gasteiger partial charge in [-0.05, 0) is 38.2 Å². The number of carbonyl (C=O) groups is 2. The predicted molar refractivity (Wildman–Crippen MR) is 93.9 cm³/mol. The highest BCUT2D eigenvalue weighted by atomic mass is 16.6. The fraction of sp³-hybridized carbons (Fsp3) is 0.500. The third kappa shape index (κ3) is 4.10. The molecule has 0 N–H and O–H groups in total. The largest absolute Gasteiger partial charge is 0.468 e. The Balaban J connectivity index is 2.15. The summed E-state index contributed by atoms with van der Waals surface area (Å²) in [4.78, 5) is 24.8. The van der Waals surface area contributed by atoms with Crippen LogP contribution < -0.4 is 0 Å². The monoisotopic (exact) mass is 346 g/mol. The zero-order valence-electron chi connectivity index (χ0n) is 15.1. The smallest absolute Gasteiger partial charge is 0.326 e. The number of allylic oxidation sites excluding steroid dienone is 1. The quantitative estimate of drug-likeness (QED) is 0.450. The molecule has 0 spiro atoms. The van der Waals surface area contributed by atoms with E-state index in [0.29, 0.717) is 12.8 Å². The van der Waals surface area contributed by atoms with Crippen LogP contribution in [0.3, 0.4) is 0 Å². The molecule has 25 heavy (non-hydrogen) atoms. The molecule has 1 heterocycles. The minimum atomic E-state index is -1.43. The van der Waals surface area contributed by atoms with Gasteiger partial charge >= 0.3 is 11.9 Å². The molecule has 1 saturated heterocycles. The third-order valence-electron chi connectivity index (χ3n) is 4.75. The Morgan fingerprint density at radius 1 is 1.20 bits per heavy atom. The van der Waals surface area contributed by atoms with Gasteiger partial charge in [-0.2, -0.15) is 0 Å². The minimum Gasteiger partial charge on any atom is -0.468 e. The van der Waals surface area contributed by atoms with E-state index in [0.717, 1.165) is 12.8 Å². The van der Waals surface area contributed by atoms with Gasteiger partial charge in [-0.25, -0.2) is 0 Å². The van der Waals surface area contributed by atoms with Crippen LogP contribution in [0, 0.1) is 5.41 Å². The average molecular weight is 346 g/mol. The van der Waals surface area contributed by atoms with Gasteiger partial charge in [0.2, 0.25) is 0 Å². The highest BCUT2D eigenvalue weighted by Crippen LogP contribution is 2.41. The van der Waals surface area contributed by atoms with E-state index in [2.05, 4.69) is 12.1 Å². The molecule has 1 aromatic rings. The zero-order valence-corrected chi connectivity index (χ0v) is 15.1. The molecule has 1 aliphatic rings. The number of hydrogen-bond acceptors (Lipinski definition) is 5. The topological polar surface area (TPSA) is 61.8 Å². The van der Waals surface area contributed by atoms with E-state index < -0.39 is 23.5 Å². The van der Waals surface area contributed by atoms with E-state index in [4.69, 9.17) is 14.2 Å². The first-order valence-corrected chi connectivity index (χ1v) is 8.57. The summed E-state index contributed by atoms with van der Waals surface area (Å²) in [5.74, 6) is -1.21. The Kier molecular flexibility index (Phi) is 6.76. The summed E-state index contributed by atoms with van der Waals surface area (Å²) in [5, 5.41) is 0. The highest BCUT2D eigenvalue weighted by Gasteiger charge is 2.57. The molecular weight excluding hydrogens is 320 g/mol. The van der Waals surface area contributed by atoms with E-state index in [1.165, 1.54) is 19.8 Å². The number of methoxy groups -OCH3 is 2. The number of hydrogen-bond donors (Lipinski definition) is 0. The number of esters is 2.